The maximum absolute atomic E-state index is 12.9. The smallest absolute Gasteiger partial charge is 0.285 e. The van der Waals surface area contributed by atoms with Crippen molar-refractivity contribution in [3.05, 3.63) is 90.0 Å². The van der Waals surface area contributed by atoms with Crippen LogP contribution in [0, 0.1) is 0 Å². The van der Waals surface area contributed by atoms with Crippen LogP contribution in [0.5, 0.6) is 11.5 Å². The van der Waals surface area contributed by atoms with E-state index in [0.29, 0.717) is 29.2 Å². The topological polar surface area (TPSA) is 92.3 Å². The molecule has 8 nitrogen and oxygen atoms in total. The second-order valence-electron chi connectivity index (χ2n) is 8.30. The van der Waals surface area contributed by atoms with Gasteiger partial charge in [-0.05, 0) is 49.7 Å². The number of nitrogens with zero attached hydrogens (tertiary/aromatic N) is 2. The molecule has 0 bridgehead atoms. The Bertz CT molecular complexity index is 1210. The second kappa shape index (κ2) is 10.7. The van der Waals surface area contributed by atoms with Crippen LogP contribution in [0.2, 0.25) is 0 Å². The Balaban J connectivity index is 1.46. The number of anilines is 1. The van der Waals surface area contributed by atoms with Gasteiger partial charge in [0, 0.05) is 12.0 Å². The monoisotopic (exact) mass is 472 g/mol. The number of methoxy groups -OCH3 is 1. The highest BCUT2D eigenvalue weighted by Crippen LogP contribution is 2.35. The Kier molecular flexibility index (Phi) is 7.30. The van der Waals surface area contributed by atoms with E-state index in [9.17, 15) is 9.59 Å². The van der Waals surface area contributed by atoms with Crippen LogP contribution in [-0.2, 0) is 4.79 Å². The quantitative estimate of drug-likeness (QED) is 0.502. The SMILES string of the molecule is COc1cc(C(=O)NNC(=O)C2=NN(c3ccccc3)C(c3ccccc3)C2)ccc1OC(C)C. The van der Waals surface area contributed by atoms with Crippen LogP contribution in [0.15, 0.2) is 84.0 Å². The first-order chi connectivity index (χ1) is 17.0. The van der Waals surface area contributed by atoms with Crippen molar-refractivity contribution in [2.75, 3.05) is 12.1 Å². The molecule has 0 spiro atoms. The lowest BCUT2D eigenvalue weighted by atomic mass is 10.0. The summed E-state index contributed by atoms with van der Waals surface area (Å²) in [5.74, 6) is 0.0220. The molecule has 0 saturated heterocycles. The van der Waals surface area contributed by atoms with Crippen LogP contribution in [0.25, 0.3) is 0 Å². The molecule has 3 aromatic rings. The third kappa shape index (κ3) is 5.60. The van der Waals surface area contributed by atoms with E-state index in [1.807, 2.05) is 79.5 Å². The minimum atomic E-state index is -0.481. The van der Waals surface area contributed by atoms with Crippen LogP contribution in [-0.4, -0.2) is 30.7 Å². The molecule has 0 aliphatic carbocycles. The van der Waals surface area contributed by atoms with Crippen molar-refractivity contribution in [2.45, 2.75) is 32.4 Å². The zero-order valence-electron chi connectivity index (χ0n) is 19.9. The molecule has 2 N–H and O–H groups in total. The summed E-state index contributed by atoms with van der Waals surface area (Å²) < 4.78 is 11.0. The van der Waals surface area contributed by atoms with E-state index in [4.69, 9.17) is 9.47 Å². The lowest BCUT2D eigenvalue weighted by Gasteiger charge is -2.23. The molecule has 4 rings (SSSR count). The Morgan fingerprint density at radius 3 is 2.23 bits per heavy atom. The molecule has 0 aromatic heterocycles. The van der Waals surface area contributed by atoms with Gasteiger partial charge < -0.3 is 9.47 Å². The number of benzene rings is 3. The maximum Gasteiger partial charge on any atom is 0.285 e. The first-order valence-corrected chi connectivity index (χ1v) is 11.4. The molecule has 1 heterocycles. The maximum atomic E-state index is 12.9. The minimum Gasteiger partial charge on any atom is -0.493 e. The first-order valence-electron chi connectivity index (χ1n) is 11.4. The molecule has 0 radical (unpaired) electrons. The van der Waals surface area contributed by atoms with Crippen LogP contribution < -0.4 is 25.3 Å². The fraction of sp³-hybridized carbons (Fsp3) is 0.222. The van der Waals surface area contributed by atoms with Crippen LogP contribution in [0.3, 0.4) is 0 Å². The molecule has 0 fully saturated rings. The zero-order chi connectivity index (χ0) is 24.8. The Hall–Kier alpha value is -4.33. The first kappa shape index (κ1) is 23.8. The molecule has 3 aromatic carbocycles. The number of rotatable bonds is 7. The van der Waals surface area contributed by atoms with Crippen molar-refractivity contribution in [3.8, 4) is 11.5 Å². The number of nitrogens with one attached hydrogen (secondary N) is 2. The summed E-state index contributed by atoms with van der Waals surface area (Å²) in [6.07, 6.45) is 0.362. The summed E-state index contributed by atoms with van der Waals surface area (Å²) in [5.41, 5.74) is 7.51. The van der Waals surface area contributed by atoms with Gasteiger partial charge in [-0.2, -0.15) is 5.10 Å². The highest BCUT2D eigenvalue weighted by atomic mass is 16.5. The molecule has 180 valence electrons. The highest BCUT2D eigenvalue weighted by Gasteiger charge is 2.32. The van der Waals surface area contributed by atoms with Crippen LogP contribution in [0.1, 0.15) is 42.2 Å². The van der Waals surface area contributed by atoms with Gasteiger partial charge in [-0.3, -0.25) is 25.4 Å². The van der Waals surface area contributed by atoms with Gasteiger partial charge in [0.25, 0.3) is 11.8 Å². The van der Waals surface area contributed by atoms with Gasteiger partial charge in [-0.25, -0.2) is 0 Å². The van der Waals surface area contributed by atoms with E-state index in [0.717, 1.165) is 11.3 Å². The summed E-state index contributed by atoms with van der Waals surface area (Å²) in [6, 6.07) is 24.3. The van der Waals surface area contributed by atoms with Gasteiger partial charge in [0.2, 0.25) is 0 Å². The molecule has 35 heavy (non-hydrogen) atoms. The average Bonchev–Trinajstić information content (AvgIpc) is 3.34. The molecular weight excluding hydrogens is 444 g/mol. The number of ether oxygens (including phenoxy) is 2. The van der Waals surface area contributed by atoms with Gasteiger partial charge in [-0.15, -0.1) is 0 Å². The molecule has 2 amide bonds. The van der Waals surface area contributed by atoms with Gasteiger partial charge in [0.05, 0.1) is 24.9 Å². The fourth-order valence-corrected chi connectivity index (χ4v) is 3.82. The van der Waals surface area contributed by atoms with E-state index < -0.39 is 11.8 Å². The number of hydrogen-bond acceptors (Lipinski definition) is 6. The number of hydrazone groups is 1. The second-order valence-corrected chi connectivity index (χ2v) is 8.30. The predicted octanol–water partition coefficient (Wildman–Crippen LogP) is 4.25. The molecule has 1 atom stereocenters. The lowest BCUT2D eigenvalue weighted by molar-refractivity contribution is -0.115. The fourth-order valence-electron chi connectivity index (χ4n) is 3.82. The van der Waals surface area contributed by atoms with Gasteiger partial charge in [-0.1, -0.05) is 48.5 Å². The van der Waals surface area contributed by atoms with Crippen molar-refractivity contribution >= 4 is 23.2 Å². The summed E-state index contributed by atoms with van der Waals surface area (Å²) in [4.78, 5) is 25.6. The number of carbonyl (C=O) groups excluding carboxylic acids is 2. The Labute approximate surface area is 204 Å². The zero-order valence-corrected chi connectivity index (χ0v) is 19.9. The minimum absolute atomic E-state index is 0.0368. The Morgan fingerprint density at radius 2 is 1.57 bits per heavy atom. The van der Waals surface area contributed by atoms with E-state index in [-0.39, 0.29) is 12.1 Å². The normalized spacial score (nSPS) is 14.9. The van der Waals surface area contributed by atoms with E-state index in [1.54, 1.807) is 18.2 Å². The standard InChI is InChI=1S/C27H28N4O4/c1-18(2)35-24-15-14-20(16-25(24)34-3)26(32)28-29-27(33)22-17-23(19-10-6-4-7-11-19)31(30-22)21-12-8-5-9-13-21/h4-16,18,23H,17H2,1-3H3,(H,28,32)(H,29,33). The number of para-hydroxylation sites is 1. The summed E-state index contributed by atoms with van der Waals surface area (Å²) in [6.45, 7) is 3.81. The summed E-state index contributed by atoms with van der Waals surface area (Å²) in [7, 11) is 1.51. The van der Waals surface area contributed by atoms with Crippen LogP contribution >= 0.6 is 0 Å². The van der Waals surface area contributed by atoms with Gasteiger partial charge in [0.15, 0.2) is 11.5 Å². The van der Waals surface area contributed by atoms with Crippen molar-refractivity contribution in [1.82, 2.24) is 10.9 Å². The third-order valence-electron chi connectivity index (χ3n) is 5.46. The number of amides is 2. The van der Waals surface area contributed by atoms with E-state index in [1.165, 1.54) is 7.11 Å². The lowest BCUT2D eigenvalue weighted by Crippen LogP contribution is -2.44. The van der Waals surface area contributed by atoms with Gasteiger partial charge >= 0.3 is 0 Å². The highest BCUT2D eigenvalue weighted by molar-refractivity contribution is 6.39. The molecule has 8 heteroatoms. The number of hydrazine groups is 1. The molecular formula is C27H28N4O4. The summed E-state index contributed by atoms with van der Waals surface area (Å²) >= 11 is 0. The third-order valence-corrected chi connectivity index (χ3v) is 5.46. The molecule has 1 unspecified atom stereocenters. The van der Waals surface area contributed by atoms with E-state index >= 15 is 0 Å². The van der Waals surface area contributed by atoms with E-state index in [2.05, 4.69) is 16.0 Å². The average molecular weight is 473 g/mol. The molecule has 0 saturated carbocycles. The molecule has 1 aliphatic heterocycles. The van der Waals surface area contributed by atoms with Crippen LogP contribution in [0.4, 0.5) is 5.69 Å². The Morgan fingerprint density at radius 1 is 0.914 bits per heavy atom. The number of hydrogen-bond donors (Lipinski definition) is 2. The number of carbonyl (C=O) groups is 2. The predicted molar refractivity (Wildman–Crippen MR) is 135 cm³/mol. The van der Waals surface area contributed by atoms with Crippen molar-refractivity contribution < 1.29 is 19.1 Å². The van der Waals surface area contributed by atoms with Crippen molar-refractivity contribution in [1.29, 1.82) is 0 Å². The van der Waals surface area contributed by atoms with Crippen molar-refractivity contribution in [3.63, 3.8) is 0 Å². The van der Waals surface area contributed by atoms with Crippen molar-refractivity contribution in [2.24, 2.45) is 5.10 Å². The largest absolute Gasteiger partial charge is 0.493 e. The van der Waals surface area contributed by atoms with Gasteiger partial charge in [0.1, 0.15) is 5.71 Å². The summed E-state index contributed by atoms with van der Waals surface area (Å²) in [5, 5.41) is 6.42. The molecule has 1 aliphatic rings.